The van der Waals surface area contributed by atoms with Gasteiger partial charge in [0.05, 0.1) is 0 Å². The summed E-state index contributed by atoms with van der Waals surface area (Å²) in [6.45, 7) is 6.62. The van der Waals surface area contributed by atoms with Crippen LogP contribution in [-0.4, -0.2) is 14.8 Å². The Hall–Kier alpha value is -1.64. The van der Waals surface area contributed by atoms with E-state index in [1.807, 2.05) is 4.57 Å². The predicted molar refractivity (Wildman–Crippen MR) is 60.1 cm³/mol. The largest absolute Gasteiger partial charge is 0.288 e. The summed E-state index contributed by atoms with van der Waals surface area (Å²) in [4.78, 5) is 0. The van der Waals surface area contributed by atoms with Gasteiger partial charge in [-0.25, -0.2) is 0 Å². The highest BCUT2D eigenvalue weighted by molar-refractivity contribution is 5.38. The molecule has 0 N–H and O–H groups in total. The van der Waals surface area contributed by atoms with Crippen LogP contribution in [0, 0.1) is 0 Å². The molecule has 0 atom stereocenters. The van der Waals surface area contributed by atoms with Gasteiger partial charge in [-0.2, -0.15) is 0 Å². The monoisotopic (exact) mass is 201 g/mol. The Morgan fingerprint density at radius 1 is 1.07 bits per heavy atom. The highest BCUT2D eigenvalue weighted by Gasteiger charge is 2.13. The second kappa shape index (κ2) is 3.50. The number of rotatable bonds is 1. The molecular formula is C12H15N3. The lowest BCUT2D eigenvalue weighted by Crippen LogP contribution is -2.11. The van der Waals surface area contributed by atoms with Crippen molar-refractivity contribution < 1.29 is 0 Å². The fraction of sp³-hybridized carbons (Fsp3) is 0.333. The number of aromatic nitrogens is 3. The molecule has 3 nitrogen and oxygen atoms in total. The highest BCUT2D eigenvalue weighted by atomic mass is 15.2. The summed E-state index contributed by atoms with van der Waals surface area (Å²) in [5.41, 5.74) is 2.59. The van der Waals surface area contributed by atoms with Crippen molar-refractivity contribution in [2.24, 2.45) is 0 Å². The van der Waals surface area contributed by atoms with Crippen molar-refractivity contribution in [2.45, 2.75) is 26.2 Å². The van der Waals surface area contributed by atoms with E-state index in [2.05, 4.69) is 55.2 Å². The molecule has 0 saturated carbocycles. The number of nitrogens with zero attached hydrogens (tertiary/aromatic N) is 3. The quantitative estimate of drug-likeness (QED) is 0.710. The molecule has 0 fully saturated rings. The average Bonchev–Trinajstić information content (AvgIpc) is 2.69. The van der Waals surface area contributed by atoms with Crippen LogP contribution in [0.3, 0.4) is 0 Å². The van der Waals surface area contributed by atoms with Gasteiger partial charge in [-0.1, -0.05) is 32.9 Å². The first kappa shape index (κ1) is 9.90. The van der Waals surface area contributed by atoms with Crippen molar-refractivity contribution in [3.8, 4) is 5.69 Å². The van der Waals surface area contributed by atoms with E-state index in [1.54, 1.807) is 12.7 Å². The van der Waals surface area contributed by atoms with E-state index in [4.69, 9.17) is 0 Å². The van der Waals surface area contributed by atoms with E-state index in [0.717, 1.165) is 5.69 Å². The minimum Gasteiger partial charge on any atom is -0.288 e. The molecule has 15 heavy (non-hydrogen) atoms. The van der Waals surface area contributed by atoms with Crippen molar-refractivity contribution in [2.75, 3.05) is 0 Å². The van der Waals surface area contributed by atoms with Crippen molar-refractivity contribution in [1.82, 2.24) is 14.8 Å². The summed E-state index contributed by atoms with van der Waals surface area (Å²) < 4.78 is 1.91. The van der Waals surface area contributed by atoms with Crippen molar-refractivity contribution in [3.05, 3.63) is 42.5 Å². The molecule has 0 radical (unpaired) electrons. The Kier molecular flexibility index (Phi) is 2.31. The Bertz CT molecular complexity index is 438. The minimum absolute atomic E-state index is 0.171. The second-order valence-electron chi connectivity index (χ2n) is 4.67. The fourth-order valence-electron chi connectivity index (χ4n) is 1.47. The van der Waals surface area contributed by atoms with Gasteiger partial charge in [0, 0.05) is 5.69 Å². The average molecular weight is 201 g/mol. The van der Waals surface area contributed by atoms with Gasteiger partial charge in [-0.3, -0.25) is 4.57 Å². The van der Waals surface area contributed by atoms with Gasteiger partial charge in [0.2, 0.25) is 0 Å². The van der Waals surface area contributed by atoms with E-state index in [1.165, 1.54) is 5.56 Å². The zero-order valence-corrected chi connectivity index (χ0v) is 9.31. The van der Waals surface area contributed by atoms with Crippen LogP contribution in [0.2, 0.25) is 0 Å². The van der Waals surface area contributed by atoms with Gasteiger partial charge in [0.1, 0.15) is 12.7 Å². The second-order valence-corrected chi connectivity index (χ2v) is 4.67. The molecular weight excluding hydrogens is 186 g/mol. The van der Waals surface area contributed by atoms with E-state index in [0.29, 0.717) is 0 Å². The summed E-state index contributed by atoms with van der Waals surface area (Å²) in [6.07, 6.45) is 3.42. The lowest BCUT2D eigenvalue weighted by atomic mass is 9.87. The summed E-state index contributed by atoms with van der Waals surface area (Å²) in [6, 6.07) is 8.44. The molecule has 2 rings (SSSR count). The number of benzene rings is 1. The maximum absolute atomic E-state index is 3.80. The number of hydrogen-bond donors (Lipinski definition) is 0. The molecule has 2 aromatic rings. The molecule has 0 aliphatic heterocycles. The van der Waals surface area contributed by atoms with E-state index < -0.39 is 0 Å². The van der Waals surface area contributed by atoms with E-state index in [-0.39, 0.29) is 5.41 Å². The first-order valence-electron chi connectivity index (χ1n) is 5.03. The zero-order chi connectivity index (χ0) is 10.9. The van der Waals surface area contributed by atoms with E-state index >= 15 is 0 Å². The molecule has 0 saturated heterocycles. The third kappa shape index (κ3) is 2.06. The van der Waals surface area contributed by atoms with Gasteiger partial charge < -0.3 is 0 Å². The Morgan fingerprint density at radius 2 is 1.73 bits per heavy atom. The highest BCUT2D eigenvalue weighted by Crippen LogP contribution is 2.23. The van der Waals surface area contributed by atoms with Crippen LogP contribution in [0.5, 0.6) is 0 Å². The third-order valence-electron chi connectivity index (χ3n) is 2.43. The molecule has 0 unspecified atom stereocenters. The number of hydrogen-bond acceptors (Lipinski definition) is 2. The van der Waals surface area contributed by atoms with Crippen LogP contribution in [-0.2, 0) is 5.41 Å². The third-order valence-corrected chi connectivity index (χ3v) is 2.43. The van der Waals surface area contributed by atoms with Gasteiger partial charge >= 0.3 is 0 Å². The first-order chi connectivity index (χ1) is 7.07. The van der Waals surface area contributed by atoms with E-state index in [9.17, 15) is 0 Å². The molecule has 78 valence electrons. The maximum atomic E-state index is 3.80. The molecule has 0 amide bonds. The van der Waals surface area contributed by atoms with Gasteiger partial charge in [-0.05, 0) is 23.1 Å². The lowest BCUT2D eigenvalue weighted by Gasteiger charge is -2.19. The summed E-state index contributed by atoms with van der Waals surface area (Å²) in [7, 11) is 0. The van der Waals surface area contributed by atoms with Gasteiger partial charge in [-0.15, -0.1) is 10.2 Å². The Labute approximate surface area is 89.8 Å². The summed E-state index contributed by atoms with van der Waals surface area (Å²) >= 11 is 0. The van der Waals surface area contributed by atoms with Crippen LogP contribution in [0.25, 0.3) is 5.69 Å². The SMILES string of the molecule is CC(C)(C)c1cccc(-n2cnnc2)c1. The Morgan fingerprint density at radius 3 is 2.33 bits per heavy atom. The topological polar surface area (TPSA) is 30.7 Å². The summed E-state index contributed by atoms with van der Waals surface area (Å²) in [5.74, 6) is 0. The standard InChI is InChI=1S/C12H15N3/c1-12(2,3)10-5-4-6-11(7-10)15-8-13-14-9-15/h4-9H,1-3H3. The van der Waals surface area contributed by atoms with Crippen LogP contribution < -0.4 is 0 Å². The van der Waals surface area contributed by atoms with Crippen molar-refractivity contribution >= 4 is 0 Å². The zero-order valence-electron chi connectivity index (χ0n) is 9.31. The van der Waals surface area contributed by atoms with Crippen LogP contribution in [0.4, 0.5) is 0 Å². The van der Waals surface area contributed by atoms with Crippen molar-refractivity contribution in [3.63, 3.8) is 0 Å². The lowest BCUT2D eigenvalue weighted by molar-refractivity contribution is 0.590. The molecule has 0 aliphatic rings. The molecule has 0 aliphatic carbocycles. The molecule has 1 aromatic carbocycles. The van der Waals surface area contributed by atoms with Crippen LogP contribution in [0.15, 0.2) is 36.9 Å². The van der Waals surface area contributed by atoms with Crippen LogP contribution >= 0.6 is 0 Å². The predicted octanol–water partition coefficient (Wildman–Crippen LogP) is 2.56. The molecule has 3 heteroatoms. The summed E-state index contributed by atoms with van der Waals surface area (Å²) in [5, 5.41) is 7.61. The minimum atomic E-state index is 0.171. The Balaban J connectivity index is 2.44. The van der Waals surface area contributed by atoms with Crippen molar-refractivity contribution in [1.29, 1.82) is 0 Å². The first-order valence-corrected chi connectivity index (χ1v) is 5.03. The maximum Gasteiger partial charge on any atom is 0.123 e. The fourth-order valence-corrected chi connectivity index (χ4v) is 1.47. The van der Waals surface area contributed by atoms with Gasteiger partial charge in [0.25, 0.3) is 0 Å². The smallest absolute Gasteiger partial charge is 0.123 e. The molecule has 0 bridgehead atoms. The normalized spacial score (nSPS) is 11.7. The van der Waals surface area contributed by atoms with Crippen LogP contribution in [0.1, 0.15) is 26.3 Å². The molecule has 1 aromatic heterocycles. The molecule has 1 heterocycles. The van der Waals surface area contributed by atoms with Gasteiger partial charge in [0.15, 0.2) is 0 Å². The molecule has 0 spiro atoms.